The molecule has 1 amide bonds. The van der Waals surface area contributed by atoms with E-state index in [9.17, 15) is 9.90 Å². The first-order valence-corrected chi connectivity index (χ1v) is 12.3. The molecule has 3 fully saturated rings. The van der Waals surface area contributed by atoms with Crippen molar-refractivity contribution in [2.75, 3.05) is 19.8 Å². The maximum absolute atomic E-state index is 13.2. The lowest BCUT2D eigenvalue weighted by Crippen LogP contribution is -2.64. The van der Waals surface area contributed by atoms with Crippen molar-refractivity contribution in [3.05, 3.63) is 11.6 Å². The van der Waals surface area contributed by atoms with E-state index in [1.807, 2.05) is 34.1 Å². The van der Waals surface area contributed by atoms with Gasteiger partial charge in [0.15, 0.2) is 5.79 Å². The molecule has 3 heterocycles. The van der Waals surface area contributed by atoms with E-state index in [1.54, 1.807) is 0 Å². The molecule has 2 N–H and O–H groups in total. The molecule has 0 aromatic heterocycles. The number of thioether (sulfide) groups is 1. The molecule has 0 saturated carbocycles. The second-order valence-electron chi connectivity index (χ2n) is 8.88. The van der Waals surface area contributed by atoms with E-state index in [-0.39, 0.29) is 11.9 Å². The van der Waals surface area contributed by atoms with Gasteiger partial charge in [-0.3, -0.25) is 9.69 Å². The summed E-state index contributed by atoms with van der Waals surface area (Å²) in [6.07, 6.45) is 3.31. The van der Waals surface area contributed by atoms with Gasteiger partial charge in [-0.05, 0) is 46.9 Å². The van der Waals surface area contributed by atoms with Crippen LogP contribution in [0, 0.1) is 0 Å². The van der Waals surface area contributed by atoms with Crippen LogP contribution in [0.2, 0.25) is 0 Å². The maximum atomic E-state index is 13.2. The maximum Gasteiger partial charge on any atom is 0.238 e. The Bertz CT molecular complexity index is 661. The van der Waals surface area contributed by atoms with Crippen LogP contribution in [0.4, 0.5) is 0 Å². The number of allylic oxidation sites excluding steroid dienone is 1. The van der Waals surface area contributed by atoms with Gasteiger partial charge in [-0.25, -0.2) is 0 Å². The Morgan fingerprint density at radius 1 is 1.43 bits per heavy atom. The molecule has 3 aliphatic rings. The number of halogens is 1. The number of alkyl halides is 1. The van der Waals surface area contributed by atoms with Gasteiger partial charge >= 0.3 is 0 Å². The van der Waals surface area contributed by atoms with Crippen LogP contribution >= 0.6 is 23.4 Å². The lowest BCUT2D eigenvalue weighted by molar-refractivity contribution is -0.168. The number of hydrogen-bond acceptors (Lipinski definition) is 7. The van der Waals surface area contributed by atoms with Gasteiger partial charge in [-0.15, -0.1) is 23.4 Å². The average Bonchev–Trinajstić information content (AvgIpc) is 3.19. The quantitative estimate of drug-likeness (QED) is 0.462. The number of ether oxygens (including phenoxy) is 3. The fraction of sp³-hybridized carbons (Fsp3) is 0.857. The van der Waals surface area contributed by atoms with E-state index in [2.05, 4.69) is 23.2 Å². The summed E-state index contributed by atoms with van der Waals surface area (Å²) in [5.74, 6) is -0.916. The predicted molar refractivity (Wildman–Crippen MR) is 119 cm³/mol. The summed E-state index contributed by atoms with van der Waals surface area (Å²) < 4.78 is 18.3. The zero-order valence-electron chi connectivity index (χ0n) is 18.6. The van der Waals surface area contributed by atoms with Crippen molar-refractivity contribution in [1.82, 2.24) is 10.2 Å². The van der Waals surface area contributed by atoms with Crippen molar-refractivity contribution in [2.24, 2.45) is 0 Å². The highest BCUT2D eigenvalue weighted by atomic mass is 35.5. The fourth-order valence-corrected chi connectivity index (χ4v) is 5.51. The fourth-order valence-electron chi connectivity index (χ4n) is 4.63. The minimum Gasteiger partial charge on any atom is -0.387 e. The zero-order valence-corrected chi connectivity index (χ0v) is 20.2. The van der Waals surface area contributed by atoms with Gasteiger partial charge in [0.2, 0.25) is 5.91 Å². The van der Waals surface area contributed by atoms with Crippen LogP contribution < -0.4 is 5.32 Å². The number of likely N-dealkylation sites (tertiary alicyclic amines) is 1. The van der Waals surface area contributed by atoms with Crippen molar-refractivity contribution in [3.63, 3.8) is 0 Å². The number of aliphatic hydroxyl groups excluding tert-OH is 1. The van der Waals surface area contributed by atoms with Crippen LogP contribution in [-0.4, -0.2) is 88.9 Å². The standard InChI is InChI=1S/C21H35ClN2O5S/c1-7-8-12-9-13(24(5)10-12)19(26)23-14(11(2)22)16-18-17(28-21(3,4)29-18)15(25)20(27-16)30-6/h8,11,13-18,20,25H,7,9-10H2,1-6H3,(H,23,26)/b12-8+/t11-,13-,14+,15+,16+,17+,18-,20+/m0/s1. The average molecular weight is 463 g/mol. The Balaban J connectivity index is 1.79. The SMILES string of the molecule is CC/C=C1\C[C@@H](C(=O)N[C@@H]([C@H]2O[C@H](SC)[C@H](O)[C@H]3OC(C)(C)O[C@H]32)[C@H](C)Cl)N(C)C1. The highest BCUT2D eigenvalue weighted by Crippen LogP contribution is 2.41. The normalized spacial score (nSPS) is 39.7. The van der Waals surface area contributed by atoms with Crippen LogP contribution in [0.25, 0.3) is 0 Å². The minimum atomic E-state index is -0.846. The number of nitrogens with one attached hydrogen (secondary N) is 1. The van der Waals surface area contributed by atoms with Crippen molar-refractivity contribution in [3.8, 4) is 0 Å². The van der Waals surface area contributed by atoms with Crippen LogP contribution in [0.3, 0.4) is 0 Å². The number of hydrogen-bond donors (Lipinski definition) is 2. The van der Waals surface area contributed by atoms with Crippen molar-refractivity contribution >= 4 is 29.3 Å². The van der Waals surface area contributed by atoms with E-state index in [0.29, 0.717) is 0 Å². The molecule has 7 nitrogen and oxygen atoms in total. The molecule has 172 valence electrons. The highest BCUT2D eigenvalue weighted by molar-refractivity contribution is 7.99. The Labute approximate surface area is 188 Å². The predicted octanol–water partition coefficient (Wildman–Crippen LogP) is 2.11. The van der Waals surface area contributed by atoms with Crippen LogP contribution in [0.5, 0.6) is 0 Å². The van der Waals surface area contributed by atoms with Crippen molar-refractivity contribution < 1.29 is 24.1 Å². The highest BCUT2D eigenvalue weighted by Gasteiger charge is 2.57. The van der Waals surface area contributed by atoms with Crippen LogP contribution in [0.1, 0.15) is 40.5 Å². The molecule has 0 radical (unpaired) electrons. The molecule has 0 spiro atoms. The summed E-state index contributed by atoms with van der Waals surface area (Å²) >= 11 is 7.95. The number of likely N-dealkylation sites (N-methyl/N-ethyl adjacent to an activating group) is 1. The lowest BCUT2D eigenvalue weighted by Gasteiger charge is -2.43. The molecule has 0 bridgehead atoms. The van der Waals surface area contributed by atoms with Gasteiger partial charge in [-0.2, -0.15) is 0 Å². The summed E-state index contributed by atoms with van der Waals surface area (Å²) in [5.41, 5.74) is 0.793. The second-order valence-corrected chi connectivity index (χ2v) is 10.5. The van der Waals surface area contributed by atoms with E-state index in [1.165, 1.54) is 17.3 Å². The van der Waals surface area contributed by atoms with Gasteiger partial charge in [0, 0.05) is 6.54 Å². The van der Waals surface area contributed by atoms with E-state index in [4.69, 9.17) is 25.8 Å². The summed E-state index contributed by atoms with van der Waals surface area (Å²) in [6, 6.07) is -0.724. The number of rotatable bonds is 6. The number of amides is 1. The summed E-state index contributed by atoms with van der Waals surface area (Å²) in [5, 5.41) is 13.4. The number of nitrogens with zero attached hydrogens (tertiary/aromatic N) is 1. The molecule has 3 aliphatic heterocycles. The smallest absolute Gasteiger partial charge is 0.238 e. The first-order chi connectivity index (χ1) is 14.1. The van der Waals surface area contributed by atoms with Crippen LogP contribution in [0.15, 0.2) is 11.6 Å². The van der Waals surface area contributed by atoms with E-state index < -0.39 is 47.1 Å². The Kier molecular flexibility index (Phi) is 7.81. The number of carbonyl (C=O) groups is 1. The molecule has 9 heteroatoms. The number of aliphatic hydroxyl groups is 1. The molecule has 0 aliphatic carbocycles. The molecule has 8 atom stereocenters. The van der Waals surface area contributed by atoms with Crippen LogP contribution in [-0.2, 0) is 19.0 Å². The lowest BCUT2D eigenvalue weighted by atomic mass is 9.93. The third kappa shape index (κ3) is 5.00. The van der Waals surface area contributed by atoms with E-state index in [0.717, 1.165) is 19.4 Å². The molecule has 30 heavy (non-hydrogen) atoms. The molecule has 0 unspecified atom stereocenters. The molecule has 3 rings (SSSR count). The van der Waals surface area contributed by atoms with Gasteiger partial charge in [0.25, 0.3) is 0 Å². The number of carbonyl (C=O) groups excluding carboxylic acids is 1. The van der Waals surface area contributed by atoms with Crippen molar-refractivity contribution in [1.29, 1.82) is 0 Å². The van der Waals surface area contributed by atoms with Gasteiger partial charge in [0.05, 0.1) is 17.5 Å². The summed E-state index contributed by atoms with van der Waals surface area (Å²) in [7, 11) is 1.96. The zero-order chi connectivity index (χ0) is 22.2. The first kappa shape index (κ1) is 24.3. The first-order valence-electron chi connectivity index (χ1n) is 10.6. The molecular weight excluding hydrogens is 428 g/mol. The van der Waals surface area contributed by atoms with Crippen molar-refractivity contribution in [2.45, 2.75) is 93.6 Å². The minimum absolute atomic E-state index is 0.0698. The summed E-state index contributed by atoms with van der Waals surface area (Å²) in [6.45, 7) is 8.37. The Morgan fingerprint density at radius 3 is 2.70 bits per heavy atom. The monoisotopic (exact) mass is 462 g/mol. The molecule has 3 saturated heterocycles. The topological polar surface area (TPSA) is 80.3 Å². The molecule has 0 aromatic rings. The van der Waals surface area contributed by atoms with Gasteiger partial charge < -0.3 is 24.6 Å². The summed E-state index contributed by atoms with van der Waals surface area (Å²) in [4.78, 5) is 15.2. The molecule has 0 aromatic carbocycles. The Hall–Kier alpha value is -0.350. The Morgan fingerprint density at radius 2 is 2.10 bits per heavy atom. The molecular formula is C21H35ClN2O5S. The second kappa shape index (κ2) is 9.65. The third-order valence-electron chi connectivity index (χ3n) is 6.02. The van der Waals surface area contributed by atoms with E-state index >= 15 is 0 Å². The van der Waals surface area contributed by atoms with Gasteiger partial charge in [-0.1, -0.05) is 18.6 Å². The van der Waals surface area contributed by atoms with Gasteiger partial charge in [0.1, 0.15) is 29.9 Å². The number of fused-ring (bicyclic) bond motifs is 1. The largest absolute Gasteiger partial charge is 0.387 e. The third-order valence-corrected chi connectivity index (χ3v) is 7.15.